The number of piperidine rings is 1. The zero-order chi connectivity index (χ0) is 25.4. The molecule has 0 unspecified atom stereocenters. The van der Waals surface area contributed by atoms with E-state index >= 15 is 0 Å². The molecule has 1 saturated heterocycles. The first-order chi connectivity index (χ1) is 16.8. The molecule has 186 valence electrons. The molecule has 1 aromatic heterocycles. The van der Waals surface area contributed by atoms with Crippen LogP contribution in [0.25, 0.3) is 0 Å². The minimum atomic E-state index is -0.617. The molecule has 0 radical (unpaired) electrons. The summed E-state index contributed by atoms with van der Waals surface area (Å²) in [4.78, 5) is 56.7. The van der Waals surface area contributed by atoms with Crippen LogP contribution >= 0.6 is 0 Å². The predicted octanol–water partition coefficient (Wildman–Crippen LogP) is 3.09. The SMILES string of the molecule is CCOC(=O)CC(=O)c1ccc(Oc2ncnc(N3CCC(C(=O)OCC)CC3)c2[N+](=O)[O-])cc1. The van der Waals surface area contributed by atoms with Gasteiger partial charge >= 0.3 is 23.5 Å². The highest BCUT2D eigenvalue weighted by atomic mass is 16.6. The van der Waals surface area contributed by atoms with E-state index < -0.39 is 22.4 Å². The Morgan fingerprint density at radius 3 is 2.31 bits per heavy atom. The third-order valence-electron chi connectivity index (χ3n) is 5.37. The van der Waals surface area contributed by atoms with E-state index in [1.165, 1.54) is 30.6 Å². The van der Waals surface area contributed by atoms with Crippen molar-refractivity contribution in [2.75, 3.05) is 31.2 Å². The Kier molecular flexibility index (Phi) is 8.65. The van der Waals surface area contributed by atoms with Crippen LogP contribution in [0, 0.1) is 16.0 Å². The fraction of sp³-hybridized carbons (Fsp3) is 0.435. The largest absolute Gasteiger partial charge is 0.466 e. The third-order valence-corrected chi connectivity index (χ3v) is 5.37. The maximum absolute atomic E-state index is 12.2. The lowest BCUT2D eigenvalue weighted by Gasteiger charge is -2.31. The molecule has 0 aliphatic carbocycles. The number of nitrogens with zero attached hydrogens (tertiary/aromatic N) is 4. The fourth-order valence-corrected chi connectivity index (χ4v) is 3.67. The molecule has 1 aromatic carbocycles. The molecule has 0 amide bonds. The van der Waals surface area contributed by atoms with Gasteiger partial charge in [-0.3, -0.25) is 24.5 Å². The van der Waals surface area contributed by atoms with E-state index in [-0.39, 0.29) is 47.9 Å². The van der Waals surface area contributed by atoms with Gasteiger partial charge in [0.05, 0.1) is 24.1 Å². The van der Waals surface area contributed by atoms with Crippen molar-refractivity contribution >= 4 is 29.2 Å². The first kappa shape index (κ1) is 25.5. The van der Waals surface area contributed by atoms with Crippen LogP contribution in [0.1, 0.15) is 43.5 Å². The second-order valence-electron chi connectivity index (χ2n) is 7.65. The van der Waals surface area contributed by atoms with E-state index in [0.29, 0.717) is 32.5 Å². The number of aromatic nitrogens is 2. The number of benzene rings is 1. The lowest BCUT2D eigenvalue weighted by Crippen LogP contribution is -2.37. The summed E-state index contributed by atoms with van der Waals surface area (Å²) >= 11 is 0. The van der Waals surface area contributed by atoms with E-state index in [1.807, 2.05) is 0 Å². The van der Waals surface area contributed by atoms with Crippen molar-refractivity contribution < 1.29 is 33.5 Å². The molecule has 0 spiro atoms. The van der Waals surface area contributed by atoms with Crippen LogP contribution in [-0.4, -0.2) is 58.9 Å². The van der Waals surface area contributed by atoms with Crippen molar-refractivity contribution in [3.63, 3.8) is 0 Å². The number of ketones is 1. The maximum atomic E-state index is 12.2. The van der Waals surface area contributed by atoms with Crippen LogP contribution in [0.5, 0.6) is 11.6 Å². The predicted molar refractivity (Wildman–Crippen MR) is 122 cm³/mol. The number of ether oxygens (including phenoxy) is 3. The van der Waals surface area contributed by atoms with Gasteiger partial charge in [0.2, 0.25) is 5.82 Å². The zero-order valence-corrected chi connectivity index (χ0v) is 19.5. The Hall–Kier alpha value is -4.09. The van der Waals surface area contributed by atoms with Gasteiger partial charge in [0.25, 0.3) is 0 Å². The lowest BCUT2D eigenvalue weighted by molar-refractivity contribution is -0.385. The molecule has 35 heavy (non-hydrogen) atoms. The fourth-order valence-electron chi connectivity index (χ4n) is 3.67. The molecule has 2 aromatic rings. The smallest absolute Gasteiger partial charge is 0.373 e. The van der Waals surface area contributed by atoms with Crippen molar-refractivity contribution in [2.24, 2.45) is 5.92 Å². The summed E-state index contributed by atoms with van der Waals surface area (Å²) in [6.07, 6.45) is 1.75. The molecule has 2 heterocycles. The van der Waals surface area contributed by atoms with E-state index in [1.54, 1.807) is 18.7 Å². The van der Waals surface area contributed by atoms with Crippen molar-refractivity contribution in [2.45, 2.75) is 33.1 Å². The topological polar surface area (TPSA) is 151 Å². The first-order valence-corrected chi connectivity index (χ1v) is 11.2. The number of nitro groups is 1. The molecule has 0 saturated carbocycles. The monoisotopic (exact) mass is 486 g/mol. The number of hydrogen-bond donors (Lipinski definition) is 0. The van der Waals surface area contributed by atoms with Gasteiger partial charge in [0.1, 0.15) is 18.5 Å². The number of esters is 2. The molecule has 1 aliphatic heterocycles. The highest BCUT2D eigenvalue weighted by Crippen LogP contribution is 2.37. The van der Waals surface area contributed by atoms with Crippen molar-refractivity contribution in [1.82, 2.24) is 9.97 Å². The molecule has 12 nitrogen and oxygen atoms in total. The summed E-state index contributed by atoms with van der Waals surface area (Å²) in [5.41, 5.74) is -0.128. The average Bonchev–Trinajstić information content (AvgIpc) is 2.84. The summed E-state index contributed by atoms with van der Waals surface area (Å²) in [5.74, 6) is -1.50. The lowest BCUT2D eigenvalue weighted by atomic mass is 9.97. The zero-order valence-electron chi connectivity index (χ0n) is 19.5. The Morgan fingerprint density at radius 2 is 1.71 bits per heavy atom. The standard InChI is InChI=1S/C23H26N4O8/c1-3-33-19(29)13-18(28)15-5-7-17(8-6-15)35-22-20(27(31)32)21(24-14-25-22)26-11-9-16(10-12-26)23(30)34-4-2/h5-8,14,16H,3-4,9-13H2,1-2H3. The summed E-state index contributed by atoms with van der Waals surface area (Å²) < 4.78 is 15.5. The second kappa shape index (κ2) is 11.9. The molecule has 12 heteroatoms. The van der Waals surface area contributed by atoms with Gasteiger partial charge in [-0.15, -0.1) is 0 Å². The molecular weight excluding hydrogens is 460 g/mol. The summed E-state index contributed by atoms with van der Waals surface area (Å²) in [5, 5.41) is 11.9. The normalized spacial score (nSPS) is 13.7. The van der Waals surface area contributed by atoms with E-state index in [0.717, 1.165) is 0 Å². The van der Waals surface area contributed by atoms with Crippen LogP contribution in [-0.2, 0) is 19.1 Å². The Balaban J connectivity index is 1.74. The van der Waals surface area contributed by atoms with Crippen LogP contribution in [0.4, 0.5) is 11.5 Å². The first-order valence-electron chi connectivity index (χ1n) is 11.2. The second-order valence-corrected chi connectivity index (χ2v) is 7.65. The van der Waals surface area contributed by atoms with Gasteiger partial charge in [-0.2, -0.15) is 4.98 Å². The summed E-state index contributed by atoms with van der Waals surface area (Å²) in [7, 11) is 0. The minimum Gasteiger partial charge on any atom is -0.466 e. The van der Waals surface area contributed by atoms with Gasteiger partial charge in [0.15, 0.2) is 5.78 Å². The third kappa shape index (κ3) is 6.49. The number of rotatable bonds is 10. The Labute approximate surface area is 201 Å². The van der Waals surface area contributed by atoms with Gasteiger partial charge in [-0.1, -0.05) is 0 Å². The Bertz CT molecular complexity index is 1080. The van der Waals surface area contributed by atoms with Crippen LogP contribution in [0.15, 0.2) is 30.6 Å². The highest BCUT2D eigenvalue weighted by molar-refractivity contribution is 6.05. The highest BCUT2D eigenvalue weighted by Gasteiger charge is 2.33. The molecule has 0 atom stereocenters. The molecule has 0 bridgehead atoms. The van der Waals surface area contributed by atoms with Crippen molar-refractivity contribution in [1.29, 1.82) is 0 Å². The van der Waals surface area contributed by atoms with Crippen LogP contribution < -0.4 is 9.64 Å². The molecule has 0 N–H and O–H groups in total. The average molecular weight is 486 g/mol. The Morgan fingerprint density at radius 1 is 1.06 bits per heavy atom. The van der Waals surface area contributed by atoms with Gasteiger partial charge in [-0.05, 0) is 51.0 Å². The molecule has 1 aliphatic rings. The molecular formula is C23H26N4O8. The van der Waals surface area contributed by atoms with E-state index in [9.17, 15) is 24.5 Å². The van der Waals surface area contributed by atoms with Crippen LogP contribution in [0.3, 0.4) is 0 Å². The number of hydrogen-bond acceptors (Lipinski definition) is 11. The summed E-state index contributed by atoms with van der Waals surface area (Å²) in [6, 6.07) is 5.80. The minimum absolute atomic E-state index is 0.101. The number of carbonyl (C=O) groups is 3. The maximum Gasteiger partial charge on any atom is 0.373 e. The van der Waals surface area contributed by atoms with Gasteiger partial charge < -0.3 is 19.1 Å². The quantitative estimate of drug-likeness (QED) is 0.160. The molecule has 1 fully saturated rings. The van der Waals surface area contributed by atoms with Gasteiger partial charge in [0, 0.05) is 18.7 Å². The molecule has 3 rings (SSSR count). The number of carbonyl (C=O) groups excluding carboxylic acids is 3. The van der Waals surface area contributed by atoms with Crippen molar-refractivity contribution in [3.05, 3.63) is 46.3 Å². The van der Waals surface area contributed by atoms with Crippen molar-refractivity contribution in [3.8, 4) is 11.6 Å². The summed E-state index contributed by atoms with van der Waals surface area (Å²) in [6.45, 7) is 4.65. The van der Waals surface area contributed by atoms with E-state index in [4.69, 9.17) is 14.2 Å². The van der Waals surface area contributed by atoms with Crippen LogP contribution in [0.2, 0.25) is 0 Å². The van der Waals surface area contributed by atoms with Gasteiger partial charge in [-0.25, -0.2) is 4.98 Å². The van der Waals surface area contributed by atoms with E-state index in [2.05, 4.69) is 9.97 Å². The number of anilines is 1. The number of Topliss-reactive ketones (excluding diaryl/α,β-unsaturated/α-hetero) is 1.